The van der Waals surface area contributed by atoms with Gasteiger partial charge in [-0.15, -0.1) is 0 Å². The molecule has 0 heterocycles. The van der Waals surface area contributed by atoms with E-state index in [1.54, 1.807) is 0 Å². The fraction of sp³-hybridized carbons (Fsp3) is 0.923. The molecule has 0 aromatic carbocycles. The molecule has 0 spiro atoms. The maximum Gasteiger partial charge on any atom is 0.152 e. The number of hydrogen-bond acceptors (Lipinski definition) is 4. The third kappa shape index (κ3) is 7.11. The lowest BCUT2D eigenvalue weighted by atomic mass is 9.89. The summed E-state index contributed by atoms with van der Waals surface area (Å²) in [5, 5.41) is 0. The molecule has 0 aliphatic carbocycles. The van der Waals surface area contributed by atoms with Crippen LogP contribution in [0, 0.1) is 5.41 Å². The fourth-order valence-electron chi connectivity index (χ4n) is 1.34. The lowest BCUT2D eigenvalue weighted by molar-refractivity contribution is -0.128. The Morgan fingerprint density at radius 3 is 1.78 bits per heavy atom. The van der Waals surface area contributed by atoms with Gasteiger partial charge in [0, 0.05) is 23.8 Å². The number of sulfone groups is 1. The van der Waals surface area contributed by atoms with Crippen LogP contribution < -0.4 is 0 Å². The quantitative estimate of drug-likeness (QED) is 0.768. The zero-order chi connectivity index (χ0) is 14.8. The van der Waals surface area contributed by atoms with Crippen LogP contribution in [0.15, 0.2) is 0 Å². The number of nitrogens with zero attached hydrogens (tertiary/aromatic N) is 1. The molecular weight excluding hydrogens is 250 g/mol. The summed E-state index contributed by atoms with van der Waals surface area (Å²) < 4.78 is 22.5. The zero-order valence-electron chi connectivity index (χ0n) is 12.7. The minimum atomic E-state index is -3.00. The summed E-state index contributed by atoms with van der Waals surface area (Å²) in [6.07, 6.45) is 1.22. The van der Waals surface area contributed by atoms with E-state index in [4.69, 9.17) is 0 Å². The number of ketones is 1. The molecule has 0 saturated heterocycles. The number of carbonyl (C=O) groups excluding carboxylic acids is 1. The summed E-state index contributed by atoms with van der Waals surface area (Å²) in [6.45, 7) is 12.3. The van der Waals surface area contributed by atoms with Gasteiger partial charge in [-0.25, -0.2) is 8.42 Å². The average molecular weight is 277 g/mol. The summed E-state index contributed by atoms with van der Waals surface area (Å²) in [6, 6.07) is 0. The molecule has 4 nitrogen and oxygen atoms in total. The van der Waals surface area contributed by atoms with Crippen molar-refractivity contribution in [2.75, 3.05) is 25.1 Å². The van der Waals surface area contributed by atoms with Crippen LogP contribution in [0.3, 0.4) is 0 Å². The zero-order valence-corrected chi connectivity index (χ0v) is 13.5. The molecule has 0 aliphatic rings. The Labute approximate surface area is 112 Å². The Morgan fingerprint density at radius 1 is 1.06 bits per heavy atom. The molecule has 0 bridgehead atoms. The topological polar surface area (TPSA) is 54.5 Å². The summed E-state index contributed by atoms with van der Waals surface area (Å²) >= 11 is 0. The highest BCUT2D eigenvalue weighted by atomic mass is 32.2. The molecule has 108 valence electrons. The summed E-state index contributed by atoms with van der Waals surface area (Å²) in [5.41, 5.74) is -0.611. The van der Waals surface area contributed by atoms with Crippen molar-refractivity contribution in [2.45, 2.75) is 47.1 Å². The van der Waals surface area contributed by atoms with Crippen molar-refractivity contribution in [2.24, 2.45) is 5.41 Å². The van der Waals surface area contributed by atoms with Gasteiger partial charge in [-0.1, -0.05) is 20.8 Å². The maximum absolute atomic E-state index is 12.1. The molecule has 18 heavy (non-hydrogen) atoms. The molecule has 5 heteroatoms. The first-order valence-corrected chi connectivity index (χ1v) is 8.25. The number of rotatable bonds is 5. The van der Waals surface area contributed by atoms with E-state index >= 15 is 0 Å². The fourth-order valence-corrected chi connectivity index (χ4v) is 1.89. The van der Waals surface area contributed by atoms with E-state index in [-0.39, 0.29) is 17.1 Å². The molecule has 0 rings (SSSR count). The molecule has 0 aromatic heterocycles. The van der Waals surface area contributed by atoms with E-state index in [2.05, 4.69) is 0 Å². The van der Waals surface area contributed by atoms with Crippen molar-refractivity contribution in [1.82, 2.24) is 4.90 Å². The highest BCUT2D eigenvalue weighted by Crippen LogP contribution is 2.19. The van der Waals surface area contributed by atoms with E-state index < -0.39 is 15.3 Å². The maximum atomic E-state index is 12.1. The van der Waals surface area contributed by atoms with Gasteiger partial charge < -0.3 is 0 Å². The van der Waals surface area contributed by atoms with E-state index in [1.165, 1.54) is 6.26 Å². The standard InChI is InChI=1S/C13H27NO3S/c1-12(2,3)11(15)10-14(13(4,5)6)8-9-18(7,16)17/h8-10H2,1-7H3. The monoisotopic (exact) mass is 277 g/mol. The van der Waals surface area contributed by atoms with Crippen molar-refractivity contribution < 1.29 is 13.2 Å². The Bertz CT molecular complexity index is 385. The smallest absolute Gasteiger partial charge is 0.152 e. The minimum Gasteiger partial charge on any atom is -0.298 e. The lowest BCUT2D eigenvalue weighted by Crippen LogP contribution is -2.48. The molecule has 0 amide bonds. The number of hydrogen-bond donors (Lipinski definition) is 0. The van der Waals surface area contributed by atoms with Crippen LogP contribution >= 0.6 is 0 Å². The van der Waals surface area contributed by atoms with Crippen LogP contribution in [0.1, 0.15) is 41.5 Å². The van der Waals surface area contributed by atoms with Crippen molar-refractivity contribution in [3.05, 3.63) is 0 Å². The lowest BCUT2D eigenvalue weighted by Gasteiger charge is -2.36. The van der Waals surface area contributed by atoms with Crippen LogP contribution in [0.4, 0.5) is 0 Å². The summed E-state index contributed by atoms with van der Waals surface area (Å²) in [5.74, 6) is 0.215. The first kappa shape index (κ1) is 17.6. The van der Waals surface area contributed by atoms with Gasteiger partial charge in [0.15, 0.2) is 5.78 Å². The number of Topliss-reactive ketones (excluding diaryl/α,β-unsaturated/α-hetero) is 1. The predicted molar refractivity (Wildman–Crippen MR) is 75.5 cm³/mol. The third-order valence-corrected chi connectivity index (χ3v) is 3.78. The van der Waals surface area contributed by atoms with Gasteiger partial charge in [-0.3, -0.25) is 9.69 Å². The van der Waals surface area contributed by atoms with Crippen LogP contribution in [-0.4, -0.2) is 49.7 Å². The van der Waals surface area contributed by atoms with Crippen molar-refractivity contribution in [3.8, 4) is 0 Å². The molecule has 0 aromatic rings. The van der Waals surface area contributed by atoms with Gasteiger partial charge in [0.25, 0.3) is 0 Å². The molecule has 0 fully saturated rings. The average Bonchev–Trinajstić information content (AvgIpc) is 2.06. The molecule has 0 aliphatic heterocycles. The third-order valence-electron chi connectivity index (χ3n) is 2.85. The molecule has 0 N–H and O–H groups in total. The predicted octanol–water partition coefficient (Wildman–Crippen LogP) is 1.75. The normalized spacial score (nSPS) is 14.0. The van der Waals surface area contributed by atoms with E-state index in [0.717, 1.165) is 0 Å². The largest absolute Gasteiger partial charge is 0.298 e. The second-order valence-electron chi connectivity index (χ2n) is 6.90. The second-order valence-corrected chi connectivity index (χ2v) is 9.16. The van der Waals surface area contributed by atoms with Crippen molar-refractivity contribution in [1.29, 1.82) is 0 Å². The first-order valence-electron chi connectivity index (χ1n) is 6.19. The molecule has 0 atom stereocenters. The second kappa shape index (κ2) is 5.70. The Hall–Kier alpha value is -0.420. The van der Waals surface area contributed by atoms with Crippen LogP contribution in [0.2, 0.25) is 0 Å². The van der Waals surface area contributed by atoms with Gasteiger partial charge in [0.1, 0.15) is 9.84 Å². The summed E-state index contributed by atoms with van der Waals surface area (Å²) in [4.78, 5) is 14.0. The first-order chi connectivity index (χ1) is 7.73. The minimum absolute atomic E-state index is 0.0850. The van der Waals surface area contributed by atoms with E-state index in [9.17, 15) is 13.2 Å². The number of carbonyl (C=O) groups is 1. The Morgan fingerprint density at radius 2 is 1.50 bits per heavy atom. The summed E-state index contributed by atoms with van der Waals surface area (Å²) in [7, 11) is -3.00. The van der Waals surface area contributed by atoms with Crippen LogP contribution in [-0.2, 0) is 14.6 Å². The van der Waals surface area contributed by atoms with Gasteiger partial charge in [-0.05, 0) is 20.8 Å². The molecular formula is C13H27NO3S. The van der Waals surface area contributed by atoms with Crippen molar-refractivity contribution >= 4 is 15.6 Å². The highest BCUT2D eigenvalue weighted by Gasteiger charge is 2.29. The van der Waals surface area contributed by atoms with Gasteiger partial charge in [-0.2, -0.15) is 0 Å². The van der Waals surface area contributed by atoms with E-state index in [1.807, 2.05) is 46.4 Å². The SMILES string of the molecule is CC(C)(C)C(=O)CN(CCS(C)(=O)=O)C(C)(C)C. The molecule has 0 radical (unpaired) electrons. The van der Waals surface area contributed by atoms with Gasteiger partial charge in [0.05, 0.1) is 12.3 Å². The molecule has 0 saturated carbocycles. The van der Waals surface area contributed by atoms with Gasteiger partial charge >= 0.3 is 0 Å². The Balaban J connectivity index is 4.78. The van der Waals surface area contributed by atoms with Crippen LogP contribution in [0.25, 0.3) is 0 Å². The Kier molecular flexibility index (Phi) is 5.56. The van der Waals surface area contributed by atoms with Crippen LogP contribution in [0.5, 0.6) is 0 Å². The van der Waals surface area contributed by atoms with E-state index in [0.29, 0.717) is 13.1 Å². The molecule has 0 unspecified atom stereocenters. The van der Waals surface area contributed by atoms with Gasteiger partial charge in [0.2, 0.25) is 0 Å². The van der Waals surface area contributed by atoms with Crippen molar-refractivity contribution in [3.63, 3.8) is 0 Å². The highest BCUT2D eigenvalue weighted by molar-refractivity contribution is 7.90.